The van der Waals surface area contributed by atoms with Gasteiger partial charge in [-0.2, -0.15) is 0 Å². The van der Waals surface area contributed by atoms with Crippen molar-refractivity contribution in [3.8, 4) is 0 Å². The van der Waals surface area contributed by atoms with Gasteiger partial charge in [0.1, 0.15) is 5.82 Å². The quantitative estimate of drug-likeness (QED) is 0.609. The first-order valence-corrected chi connectivity index (χ1v) is 5.70. The average molecular weight is 215 g/mol. The number of nitrogen functional groups attached to an aromatic ring is 1. The molecule has 2 aromatic rings. The number of anilines is 2. The van der Waals surface area contributed by atoms with Crippen molar-refractivity contribution in [1.82, 2.24) is 4.98 Å². The molecule has 0 bridgehead atoms. The summed E-state index contributed by atoms with van der Waals surface area (Å²) in [5.74, 6) is 0.893. The van der Waals surface area contributed by atoms with Gasteiger partial charge in [0.15, 0.2) is 0 Å². The van der Waals surface area contributed by atoms with Gasteiger partial charge in [-0.15, -0.1) is 0 Å². The van der Waals surface area contributed by atoms with Gasteiger partial charge in [0.25, 0.3) is 0 Å². The summed E-state index contributed by atoms with van der Waals surface area (Å²) in [5, 5.41) is 5.50. The number of fused-ring (bicyclic) bond motifs is 1. The summed E-state index contributed by atoms with van der Waals surface area (Å²) < 4.78 is 0. The van der Waals surface area contributed by atoms with Gasteiger partial charge >= 0.3 is 0 Å². The van der Waals surface area contributed by atoms with E-state index in [9.17, 15) is 0 Å². The Balaban J connectivity index is 2.37. The van der Waals surface area contributed by atoms with E-state index in [-0.39, 0.29) is 0 Å². The molecule has 1 aromatic heterocycles. The second-order valence-electron chi connectivity index (χ2n) is 3.89. The van der Waals surface area contributed by atoms with Gasteiger partial charge in [0, 0.05) is 23.8 Å². The van der Waals surface area contributed by atoms with Crippen LogP contribution in [0, 0.1) is 0 Å². The minimum atomic E-state index is 0.782. The van der Waals surface area contributed by atoms with Gasteiger partial charge in [-0.25, -0.2) is 4.98 Å². The zero-order chi connectivity index (χ0) is 11.4. The fraction of sp³-hybridized carbons (Fsp3) is 0.308. The van der Waals surface area contributed by atoms with Gasteiger partial charge in [-0.1, -0.05) is 25.5 Å². The van der Waals surface area contributed by atoms with Crippen molar-refractivity contribution in [2.75, 3.05) is 17.6 Å². The fourth-order valence-corrected chi connectivity index (χ4v) is 1.78. The molecule has 84 valence electrons. The summed E-state index contributed by atoms with van der Waals surface area (Å²) in [6, 6.07) is 7.91. The van der Waals surface area contributed by atoms with Crippen molar-refractivity contribution in [2.45, 2.75) is 19.8 Å². The summed E-state index contributed by atoms with van der Waals surface area (Å²) in [6.07, 6.45) is 4.13. The first kappa shape index (κ1) is 10.7. The number of nitrogens with zero attached hydrogens (tertiary/aromatic N) is 1. The van der Waals surface area contributed by atoms with E-state index in [4.69, 9.17) is 5.73 Å². The third kappa shape index (κ3) is 2.08. The van der Waals surface area contributed by atoms with Gasteiger partial charge in [0.2, 0.25) is 0 Å². The monoisotopic (exact) mass is 215 g/mol. The lowest BCUT2D eigenvalue weighted by atomic mass is 10.1. The predicted molar refractivity (Wildman–Crippen MR) is 69.6 cm³/mol. The molecule has 0 unspecified atom stereocenters. The molecule has 0 saturated carbocycles. The summed E-state index contributed by atoms with van der Waals surface area (Å²) in [5.41, 5.74) is 6.76. The maximum absolute atomic E-state index is 5.98. The first-order valence-electron chi connectivity index (χ1n) is 5.70. The molecule has 0 fully saturated rings. The van der Waals surface area contributed by atoms with E-state index in [2.05, 4.69) is 23.3 Å². The van der Waals surface area contributed by atoms with Crippen LogP contribution >= 0.6 is 0 Å². The molecule has 2 rings (SSSR count). The van der Waals surface area contributed by atoms with Gasteiger partial charge in [0.05, 0.1) is 0 Å². The molecule has 0 spiro atoms. The maximum Gasteiger partial charge on any atom is 0.135 e. The Morgan fingerprint density at radius 3 is 3.00 bits per heavy atom. The number of pyridine rings is 1. The number of hydrogen-bond donors (Lipinski definition) is 2. The third-order valence-electron chi connectivity index (χ3n) is 2.65. The Hall–Kier alpha value is -1.77. The zero-order valence-corrected chi connectivity index (χ0v) is 9.53. The number of unbranched alkanes of at least 4 members (excludes halogenated alkanes) is 1. The van der Waals surface area contributed by atoms with Crippen molar-refractivity contribution in [3.05, 3.63) is 30.5 Å². The second kappa shape index (κ2) is 4.84. The highest BCUT2D eigenvalue weighted by Gasteiger charge is 2.04. The minimum Gasteiger partial charge on any atom is -0.398 e. The number of benzene rings is 1. The van der Waals surface area contributed by atoms with E-state index < -0.39 is 0 Å². The third-order valence-corrected chi connectivity index (χ3v) is 2.65. The molecule has 3 nitrogen and oxygen atoms in total. The molecule has 0 saturated heterocycles. The van der Waals surface area contributed by atoms with Crippen LogP contribution < -0.4 is 11.1 Å². The largest absolute Gasteiger partial charge is 0.398 e. The van der Waals surface area contributed by atoms with Gasteiger partial charge in [-0.3, -0.25) is 0 Å². The standard InChI is InChI=1S/C13H17N3/c1-2-3-8-15-13-12-10(7-9-16-13)5-4-6-11(12)14/h4-7,9H,2-3,8,14H2,1H3,(H,15,16). The van der Waals surface area contributed by atoms with Crippen LogP contribution in [0.2, 0.25) is 0 Å². The van der Waals surface area contributed by atoms with Crippen molar-refractivity contribution in [3.63, 3.8) is 0 Å². The molecule has 0 atom stereocenters. The zero-order valence-electron chi connectivity index (χ0n) is 9.53. The van der Waals surface area contributed by atoms with Crippen molar-refractivity contribution < 1.29 is 0 Å². The minimum absolute atomic E-state index is 0.782. The average Bonchev–Trinajstić information content (AvgIpc) is 2.30. The highest BCUT2D eigenvalue weighted by molar-refractivity contribution is 6.00. The number of hydrogen-bond acceptors (Lipinski definition) is 3. The van der Waals surface area contributed by atoms with E-state index in [1.54, 1.807) is 0 Å². The second-order valence-corrected chi connectivity index (χ2v) is 3.89. The maximum atomic E-state index is 5.98. The van der Waals surface area contributed by atoms with Gasteiger partial charge in [-0.05, 0) is 23.9 Å². The Morgan fingerprint density at radius 2 is 2.19 bits per heavy atom. The molecule has 0 amide bonds. The molecule has 1 heterocycles. The van der Waals surface area contributed by atoms with Crippen LogP contribution in [0.1, 0.15) is 19.8 Å². The van der Waals surface area contributed by atoms with Crippen molar-refractivity contribution in [1.29, 1.82) is 0 Å². The Bertz CT molecular complexity index is 474. The van der Waals surface area contributed by atoms with E-state index in [1.165, 1.54) is 6.42 Å². The first-order chi connectivity index (χ1) is 7.83. The van der Waals surface area contributed by atoms with Crippen LogP contribution in [0.15, 0.2) is 30.5 Å². The topological polar surface area (TPSA) is 50.9 Å². The van der Waals surface area contributed by atoms with Crippen molar-refractivity contribution >= 4 is 22.3 Å². The SMILES string of the molecule is CCCCNc1nccc2cccc(N)c12. The normalized spacial score (nSPS) is 10.6. The predicted octanol–water partition coefficient (Wildman–Crippen LogP) is 3.03. The van der Waals surface area contributed by atoms with E-state index in [0.29, 0.717) is 0 Å². The molecule has 0 aliphatic carbocycles. The Labute approximate surface area is 95.7 Å². The van der Waals surface area contributed by atoms with E-state index in [1.807, 2.05) is 24.4 Å². The lowest BCUT2D eigenvalue weighted by Crippen LogP contribution is -2.04. The summed E-state index contributed by atoms with van der Waals surface area (Å²) in [6.45, 7) is 3.11. The van der Waals surface area contributed by atoms with E-state index in [0.717, 1.165) is 35.2 Å². The van der Waals surface area contributed by atoms with Crippen LogP contribution in [0.25, 0.3) is 10.8 Å². The fourth-order valence-electron chi connectivity index (χ4n) is 1.78. The smallest absolute Gasteiger partial charge is 0.135 e. The van der Waals surface area contributed by atoms with E-state index >= 15 is 0 Å². The summed E-state index contributed by atoms with van der Waals surface area (Å²) in [4.78, 5) is 4.35. The lowest BCUT2D eigenvalue weighted by molar-refractivity contribution is 0.832. The van der Waals surface area contributed by atoms with Crippen LogP contribution in [0.3, 0.4) is 0 Å². The number of rotatable bonds is 4. The summed E-state index contributed by atoms with van der Waals surface area (Å²) in [7, 11) is 0. The lowest BCUT2D eigenvalue weighted by Gasteiger charge is -2.09. The Morgan fingerprint density at radius 1 is 1.31 bits per heavy atom. The Kier molecular flexibility index (Phi) is 3.25. The molecule has 3 N–H and O–H groups in total. The molecule has 0 radical (unpaired) electrons. The number of nitrogens with one attached hydrogen (secondary N) is 1. The molecular weight excluding hydrogens is 198 g/mol. The summed E-state index contributed by atoms with van der Waals surface area (Å²) >= 11 is 0. The molecular formula is C13H17N3. The van der Waals surface area contributed by atoms with Crippen LogP contribution in [-0.2, 0) is 0 Å². The highest BCUT2D eigenvalue weighted by Crippen LogP contribution is 2.26. The highest BCUT2D eigenvalue weighted by atomic mass is 15.0. The number of aromatic nitrogens is 1. The van der Waals surface area contributed by atoms with Crippen LogP contribution in [-0.4, -0.2) is 11.5 Å². The molecule has 0 aliphatic heterocycles. The number of nitrogens with two attached hydrogens (primary N) is 1. The molecule has 3 heteroatoms. The van der Waals surface area contributed by atoms with Crippen molar-refractivity contribution in [2.24, 2.45) is 0 Å². The van der Waals surface area contributed by atoms with Crippen LogP contribution in [0.4, 0.5) is 11.5 Å². The van der Waals surface area contributed by atoms with Gasteiger partial charge < -0.3 is 11.1 Å². The molecule has 16 heavy (non-hydrogen) atoms. The molecule has 1 aromatic carbocycles. The van der Waals surface area contributed by atoms with Crippen LogP contribution in [0.5, 0.6) is 0 Å². The molecule has 0 aliphatic rings.